The van der Waals surface area contributed by atoms with E-state index in [1.54, 1.807) is 27.0 Å². The topological polar surface area (TPSA) is 83.5 Å². The number of rotatable bonds is 5. The summed E-state index contributed by atoms with van der Waals surface area (Å²) >= 11 is 0. The SMILES string of the molecule is CC(CS(C)=O)NC(=O)C1C(C(=O)O)C1(C)C. The Morgan fingerprint density at radius 2 is 1.94 bits per heavy atom. The molecule has 98 valence electrons. The smallest absolute Gasteiger partial charge is 0.307 e. The van der Waals surface area contributed by atoms with Gasteiger partial charge in [0.15, 0.2) is 0 Å². The normalized spacial score (nSPS) is 29.2. The fourth-order valence-electron chi connectivity index (χ4n) is 2.31. The van der Waals surface area contributed by atoms with E-state index in [1.165, 1.54) is 0 Å². The monoisotopic (exact) mass is 261 g/mol. The molecule has 4 unspecified atom stereocenters. The van der Waals surface area contributed by atoms with Gasteiger partial charge in [0.25, 0.3) is 0 Å². The van der Waals surface area contributed by atoms with Gasteiger partial charge < -0.3 is 10.4 Å². The van der Waals surface area contributed by atoms with Gasteiger partial charge in [0.05, 0.1) is 11.8 Å². The van der Waals surface area contributed by atoms with Gasteiger partial charge in [-0.2, -0.15) is 0 Å². The number of aliphatic carboxylic acids is 1. The molecular formula is C11H19NO4S. The summed E-state index contributed by atoms with van der Waals surface area (Å²) in [5.41, 5.74) is -0.485. The lowest BCUT2D eigenvalue weighted by Gasteiger charge is -2.12. The molecule has 1 rings (SSSR count). The van der Waals surface area contributed by atoms with E-state index in [9.17, 15) is 13.8 Å². The minimum atomic E-state index is -0.973. The molecule has 6 heteroatoms. The van der Waals surface area contributed by atoms with Gasteiger partial charge in [-0.15, -0.1) is 0 Å². The lowest BCUT2D eigenvalue weighted by Crippen LogP contribution is -2.38. The first-order chi connectivity index (χ1) is 7.67. The van der Waals surface area contributed by atoms with Crippen molar-refractivity contribution in [3.05, 3.63) is 0 Å². The van der Waals surface area contributed by atoms with Crippen molar-refractivity contribution in [2.24, 2.45) is 17.3 Å². The zero-order valence-corrected chi connectivity index (χ0v) is 11.3. The van der Waals surface area contributed by atoms with Crippen LogP contribution in [0.15, 0.2) is 0 Å². The van der Waals surface area contributed by atoms with Crippen LogP contribution in [0, 0.1) is 17.3 Å². The van der Waals surface area contributed by atoms with Crippen molar-refractivity contribution in [2.45, 2.75) is 26.8 Å². The number of nitrogens with one attached hydrogen (secondary N) is 1. The van der Waals surface area contributed by atoms with Gasteiger partial charge in [-0.25, -0.2) is 0 Å². The second kappa shape index (κ2) is 4.76. The maximum atomic E-state index is 11.9. The van der Waals surface area contributed by atoms with Crippen LogP contribution in [0.5, 0.6) is 0 Å². The number of hydrogen-bond donors (Lipinski definition) is 2. The number of carboxylic acids is 1. The molecule has 0 aliphatic heterocycles. The third-order valence-electron chi connectivity index (χ3n) is 3.25. The Morgan fingerprint density at radius 3 is 2.29 bits per heavy atom. The molecule has 4 atom stereocenters. The van der Waals surface area contributed by atoms with Gasteiger partial charge in [0, 0.05) is 28.9 Å². The predicted octanol–water partition coefficient (Wildman–Crippen LogP) is 0.226. The van der Waals surface area contributed by atoms with Crippen LogP contribution < -0.4 is 5.32 Å². The maximum absolute atomic E-state index is 11.9. The van der Waals surface area contributed by atoms with Crippen LogP contribution in [-0.4, -0.2) is 39.2 Å². The van der Waals surface area contributed by atoms with Gasteiger partial charge in [0.1, 0.15) is 0 Å². The fourth-order valence-corrected chi connectivity index (χ4v) is 3.10. The summed E-state index contributed by atoms with van der Waals surface area (Å²) in [5.74, 6) is -1.88. The maximum Gasteiger partial charge on any atom is 0.307 e. The average molecular weight is 261 g/mol. The van der Waals surface area contributed by atoms with Crippen LogP contribution in [0.2, 0.25) is 0 Å². The minimum Gasteiger partial charge on any atom is -0.481 e. The van der Waals surface area contributed by atoms with Crippen molar-refractivity contribution >= 4 is 22.7 Å². The Morgan fingerprint density at radius 1 is 1.41 bits per heavy atom. The lowest BCUT2D eigenvalue weighted by molar-refractivity contribution is -0.140. The van der Waals surface area contributed by atoms with Crippen molar-refractivity contribution in [1.82, 2.24) is 5.32 Å². The molecule has 1 aliphatic rings. The Kier molecular flexibility index (Phi) is 3.96. The van der Waals surface area contributed by atoms with Crippen molar-refractivity contribution in [3.63, 3.8) is 0 Å². The van der Waals surface area contributed by atoms with Gasteiger partial charge in [0.2, 0.25) is 5.91 Å². The van der Waals surface area contributed by atoms with Crippen LogP contribution in [0.3, 0.4) is 0 Å². The second-order valence-corrected chi connectivity index (χ2v) is 6.74. The molecule has 0 bridgehead atoms. The summed E-state index contributed by atoms with van der Waals surface area (Å²) in [6.07, 6.45) is 1.57. The van der Waals surface area contributed by atoms with Gasteiger partial charge >= 0.3 is 5.97 Å². The molecule has 1 aliphatic carbocycles. The summed E-state index contributed by atoms with van der Waals surface area (Å²) in [6.45, 7) is 5.32. The average Bonchev–Trinajstić information content (AvgIpc) is 2.66. The standard InChI is InChI=1S/C11H19NO4S/c1-6(5-17(4)16)12-9(13)7-8(10(14)15)11(7,2)3/h6-8H,5H2,1-4H3,(H,12,13)(H,14,15). The largest absolute Gasteiger partial charge is 0.481 e. The van der Waals surface area contributed by atoms with Crippen molar-refractivity contribution in [3.8, 4) is 0 Å². The highest BCUT2D eigenvalue weighted by molar-refractivity contribution is 7.84. The molecule has 0 aromatic heterocycles. The molecule has 17 heavy (non-hydrogen) atoms. The fraction of sp³-hybridized carbons (Fsp3) is 0.818. The summed E-state index contributed by atoms with van der Waals surface area (Å²) < 4.78 is 11.0. The lowest BCUT2D eigenvalue weighted by atomic mass is 10.1. The van der Waals surface area contributed by atoms with Crippen LogP contribution >= 0.6 is 0 Å². The molecule has 5 nitrogen and oxygen atoms in total. The van der Waals surface area contributed by atoms with E-state index < -0.39 is 34.0 Å². The molecule has 0 aromatic carbocycles. The molecule has 0 spiro atoms. The van der Waals surface area contributed by atoms with E-state index >= 15 is 0 Å². The predicted molar refractivity (Wildman–Crippen MR) is 64.9 cm³/mol. The molecular weight excluding hydrogens is 242 g/mol. The zero-order valence-electron chi connectivity index (χ0n) is 10.5. The summed E-state index contributed by atoms with van der Waals surface area (Å²) in [5, 5.41) is 11.7. The Bertz CT molecular complexity index is 366. The third kappa shape index (κ3) is 3.06. The van der Waals surface area contributed by atoms with E-state index in [1.807, 2.05) is 0 Å². The van der Waals surface area contributed by atoms with E-state index in [2.05, 4.69) is 5.32 Å². The molecule has 1 saturated carbocycles. The number of carbonyl (C=O) groups excluding carboxylic acids is 1. The van der Waals surface area contributed by atoms with Crippen molar-refractivity contribution < 1.29 is 18.9 Å². The van der Waals surface area contributed by atoms with E-state index in [4.69, 9.17) is 5.11 Å². The highest BCUT2D eigenvalue weighted by Gasteiger charge is 2.65. The Labute approximate surface area is 103 Å². The minimum absolute atomic E-state index is 0.195. The molecule has 0 radical (unpaired) electrons. The van der Waals surface area contributed by atoms with Gasteiger partial charge in [-0.1, -0.05) is 13.8 Å². The molecule has 0 saturated heterocycles. The van der Waals surface area contributed by atoms with E-state index in [0.717, 1.165) is 0 Å². The molecule has 0 heterocycles. The highest BCUT2D eigenvalue weighted by Crippen LogP contribution is 2.58. The van der Waals surface area contributed by atoms with Crippen LogP contribution in [0.25, 0.3) is 0 Å². The number of amides is 1. The zero-order chi connectivity index (χ0) is 13.4. The Hall–Kier alpha value is -0.910. The first-order valence-electron chi connectivity index (χ1n) is 5.51. The highest BCUT2D eigenvalue weighted by atomic mass is 32.2. The van der Waals surface area contributed by atoms with Crippen LogP contribution in [-0.2, 0) is 20.4 Å². The number of carbonyl (C=O) groups is 2. The quantitative estimate of drug-likeness (QED) is 0.742. The third-order valence-corrected chi connectivity index (χ3v) is 4.22. The Balaban J connectivity index is 2.56. The molecule has 1 fully saturated rings. The van der Waals surface area contributed by atoms with Crippen LogP contribution in [0.1, 0.15) is 20.8 Å². The summed E-state index contributed by atoms with van der Waals surface area (Å²) in [4.78, 5) is 22.8. The van der Waals surface area contributed by atoms with E-state index in [0.29, 0.717) is 5.75 Å². The number of hydrogen-bond acceptors (Lipinski definition) is 3. The van der Waals surface area contributed by atoms with Crippen molar-refractivity contribution in [1.29, 1.82) is 0 Å². The number of carboxylic acid groups (broad SMARTS) is 1. The first-order valence-corrected chi connectivity index (χ1v) is 7.23. The second-order valence-electron chi connectivity index (χ2n) is 5.26. The van der Waals surface area contributed by atoms with Crippen molar-refractivity contribution in [2.75, 3.05) is 12.0 Å². The summed E-state index contributed by atoms with van der Waals surface area (Å²) in [6, 6.07) is -0.195. The van der Waals surface area contributed by atoms with Crippen LogP contribution in [0.4, 0.5) is 0 Å². The molecule has 0 aromatic rings. The van der Waals surface area contributed by atoms with E-state index in [-0.39, 0.29) is 11.9 Å². The molecule has 2 N–H and O–H groups in total. The molecule has 1 amide bonds. The first kappa shape index (κ1) is 14.2. The van der Waals surface area contributed by atoms with Gasteiger partial charge in [-0.3, -0.25) is 13.8 Å². The van der Waals surface area contributed by atoms with Gasteiger partial charge in [-0.05, 0) is 12.3 Å². The summed E-state index contributed by atoms with van der Waals surface area (Å²) in [7, 11) is -0.973.